The summed E-state index contributed by atoms with van der Waals surface area (Å²) in [7, 11) is 0. The second kappa shape index (κ2) is 5.94. The molecule has 1 aromatic rings. The van der Waals surface area contributed by atoms with Gasteiger partial charge in [0, 0.05) is 20.5 Å². The monoisotopic (exact) mass is 350 g/mol. The van der Waals surface area contributed by atoms with Crippen molar-refractivity contribution in [2.75, 3.05) is 11.6 Å². The van der Waals surface area contributed by atoms with E-state index in [0.717, 1.165) is 9.35 Å². The van der Waals surface area contributed by atoms with Crippen LogP contribution in [0.3, 0.4) is 0 Å². The number of aliphatic carboxylic acids is 1. The Morgan fingerprint density at radius 2 is 2.39 bits per heavy atom. The Kier molecular flexibility index (Phi) is 4.52. The molecule has 0 bridgehead atoms. The molecule has 98 valence electrons. The van der Waals surface area contributed by atoms with E-state index >= 15 is 0 Å². The van der Waals surface area contributed by atoms with Crippen LogP contribution >= 0.6 is 39.0 Å². The third-order valence-electron chi connectivity index (χ3n) is 2.46. The molecule has 5 nitrogen and oxygen atoms in total. The molecule has 0 aromatic carbocycles. The predicted molar refractivity (Wildman–Crippen MR) is 74.8 cm³/mol. The molecule has 1 aliphatic heterocycles. The number of carbonyl (C=O) groups is 2. The van der Waals surface area contributed by atoms with Crippen LogP contribution in [0.5, 0.6) is 0 Å². The summed E-state index contributed by atoms with van der Waals surface area (Å²) >= 11 is 6.33. The van der Waals surface area contributed by atoms with Crippen molar-refractivity contribution in [1.82, 2.24) is 10.2 Å². The summed E-state index contributed by atoms with van der Waals surface area (Å²) in [5.41, 5.74) is 0. The molecular formula is C10H11BrN2O3S2. The Morgan fingerprint density at radius 1 is 1.61 bits per heavy atom. The highest BCUT2D eigenvalue weighted by atomic mass is 79.9. The SMILES string of the molecule is O=C(O)C1CSCN1C(=O)NCc1cc(Br)cs1. The summed E-state index contributed by atoms with van der Waals surface area (Å²) in [6.07, 6.45) is 0. The van der Waals surface area contributed by atoms with Gasteiger partial charge in [0.05, 0.1) is 12.4 Å². The third kappa shape index (κ3) is 3.18. The highest BCUT2D eigenvalue weighted by molar-refractivity contribution is 9.10. The number of carboxylic acid groups (broad SMARTS) is 1. The largest absolute Gasteiger partial charge is 0.480 e. The van der Waals surface area contributed by atoms with E-state index in [0.29, 0.717) is 18.2 Å². The fourth-order valence-electron chi connectivity index (χ4n) is 1.56. The van der Waals surface area contributed by atoms with Crippen LogP contribution in [0.1, 0.15) is 4.88 Å². The van der Waals surface area contributed by atoms with E-state index in [9.17, 15) is 9.59 Å². The molecule has 2 amide bonds. The number of thiophene rings is 1. The maximum Gasteiger partial charge on any atom is 0.327 e. The van der Waals surface area contributed by atoms with Gasteiger partial charge in [0.2, 0.25) is 0 Å². The first-order valence-corrected chi connectivity index (χ1v) is 7.98. The van der Waals surface area contributed by atoms with Crippen molar-refractivity contribution >= 4 is 51.0 Å². The van der Waals surface area contributed by atoms with Crippen molar-refractivity contribution < 1.29 is 14.7 Å². The fraction of sp³-hybridized carbons (Fsp3) is 0.400. The van der Waals surface area contributed by atoms with Gasteiger partial charge >= 0.3 is 12.0 Å². The van der Waals surface area contributed by atoms with Crippen molar-refractivity contribution in [3.8, 4) is 0 Å². The van der Waals surface area contributed by atoms with Gasteiger partial charge in [-0.25, -0.2) is 9.59 Å². The van der Waals surface area contributed by atoms with Gasteiger partial charge in [0.25, 0.3) is 0 Å². The highest BCUT2D eigenvalue weighted by Gasteiger charge is 2.34. The molecule has 1 atom stereocenters. The Morgan fingerprint density at radius 3 is 3.00 bits per heavy atom. The first-order chi connectivity index (χ1) is 8.58. The Hall–Kier alpha value is -0.730. The van der Waals surface area contributed by atoms with E-state index < -0.39 is 12.0 Å². The first kappa shape index (κ1) is 13.7. The molecule has 2 rings (SSSR count). The lowest BCUT2D eigenvalue weighted by atomic mass is 10.3. The van der Waals surface area contributed by atoms with Gasteiger partial charge in [0.15, 0.2) is 0 Å². The van der Waals surface area contributed by atoms with Gasteiger partial charge in [-0.15, -0.1) is 23.1 Å². The van der Waals surface area contributed by atoms with Crippen molar-refractivity contribution in [3.63, 3.8) is 0 Å². The lowest BCUT2D eigenvalue weighted by molar-refractivity contribution is -0.140. The smallest absolute Gasteiger partial charge is 0.327 e. The quantitative estimate of drug-likeness (QED) is 0.876. The minimum Gasteiger partial charge on any atom is -0.480 e. The molecule has 0 radical (unpaired) electrons. The van der Waals surface area contributed by atoms with E-state index in [2.05, 4.69) is 21.2 Å². The summed E-state index contributed by atoms with van der Waals surface area (Å²) in [4.78, 5) is 25.2. The predicted octanol–water partition coefficient (Wildman–Crippen LogP) is 2.18. The number of carbonyl (C=O) groups excluding carboxylic acids is 1. The Balaban J connectivity index is 1.89. The van der Waals surface area contributed by atoms with E-state index in [1.165, 1.54) is 28.0 Å². The van der Waals surface area contributed by atoms with Gasteiger partial charge in [-0.05, 0) is 22.0 Å². The van der Waals surface area contributed by atoms with E-state index in [-0.39, 0.29) is 6.03 Å². The van der Waals surface area contributed by atoms with E-state index in [1.807, 2.05) is 11.4 Å². The van der Waals surface area contributed by atoms with Crippen molar-refractivity contribution in [3.05, 3.63) is 20.8 Å². The van der Waals surface area contributed by atoms with E-state index in [4.69, 9.17) is 5.11 Å². The van der Waals surface area contributed by atoms with Gasteiger partial charge < -0.3 is 15.3 Å². The molecule has 1 aromatic heterocycles. The zero-order valence-corrected chi connectivity index (χ0v) is 12.5. The number of hydrogen-bond donors (Lipinski definition) is 2. The van der Waals surface area contributed by atoms with Crippen LogP contribution in [0.15, 0.2) is 15.9 Å². The Bertz CT molecular complexity index is 466. The molecule has 2 N–H and O–H groups in total. The number of rotatable bonds is 3. The Labute approximate surface area is 121 Å². The minimum absolute atomic E-state index is 0.322. The number of halogens is 1. The number of nitrogens with one attached hydrogen (secondary N) is 1. The topological polar surface area (TPSA) is 69.6 Å². The maximum atomic E-state index is 11.9. The average molecular weight is 351 g/mol. The van der Waals surface area contributed by atoms with Crippen molar-refractivity contribution in [2.24, 2.45) is 0 Å². The van der Waals surface area contributed by atoms with Crippen molar-refractivity contribution in [2.45, 2.75) is 12.6 Å². The summed E-state index contributed by atoms with van der Waals surface area (Å²) < 4.78 is 0.983. The number of nitrogens with zero attached hydrogens (tertiary/aromatic N) is 1. The molecule has 0 aliphatic carbocycles. The molecule has 1 saturated heterocycles. The van der Waals surface area contributed by atoms with Crippen LogP contribution in [-0.2, 0) is 11.3 Å². The van der Waals surface area contributed by atoms with Gasteiger partial charge in [-0.1, -0.05) is 0 Å². The number of urea groups is 1. The molecule has 1 aliphatic rings. The van der Waals surface area contributed by atoms with Crippen LogP contribution < -0.4 is 5.32 Å². The van der Waals surface area contributed by atoms with Crippen LogP contribution in [0.4, 0.5) is 4.79 Å². The number of thioether (sulfide) groups is 1. The number of hydrogen-bond acceptors (Lipinski definition) is 4. The third-order valence-corrected chi connectivity index (χ3v) is 5.17. The van der Waals surface area contributed by atoms with Crippen LogP contribution in [0, 0.1) is 0 Å². The standard InChI is InChI=1S/C10H11BrN2O3S2/c11-6-1-7(18-3-6)2-12-10(16)13-5-17-4-8(13)9(14)15/h1,3,8H,2,4-5H2,(H,12,16)(H,14,15). The lowest BCUT2D eigenvalue weighted by Gasteiger charge is -2.20. The summed E-state index contributed by atoms with van der Waals surface area (Å²) in [6.45, 7) is 0.419. The summed E-state index contributed by atoms with van der Waals surface area (Å²) in [5, 5.41) is 13.7. The van der Waals surface area contributed by atoms with E-state index in [1.54, 1.807) is 0 Å². The molecule has 1 unspecified atom stereocenters. The number of carboxylic acids is 1. The molecule has 0 spiro atoms. The second-order valence-electron chi connectivity index (χ2n) is 3.71. The van der Waals surface area contributed by atoms with Gasteiger partial charge in [-0.3, -0.25) is 0 Å². The second-order valence-corrected chi connectivity index (χ2v) is 6.62. The van der Waals surface area contributed by atoms with Crippen molar-refractivity contribution in [1.29, 1.82) is 0 Å². The molecule has 0 saturated carbocycles. The minimum atomic E-state index is -0.950. The van der Waals surface area contributed by atoms with Gasteiger partial charge in [0.1, 0.15) is 6.04 Å². The molecule has 18 heavy (non-hydrogen) atoms. The molecular weight excluding hydrogens is 340 g/mol. The van der Waals surface area contributed by atoms with Crippen LogP contribution in [0.25, 0.3) is 0 Å². The highest BCUT2D eigenvalue weighted by Crippen LogP contribution is 2.22. The molecule has 2 heterocycles. The first-order valence-electron chi connectivity index (χ1n) is 5.16. The summed E-state index contributed by atoms with van der Waals surface area (Å²) in [6, 6.07) is 0.889. The van der Waals surface area contributed by atoms with Crippen LogP contribution in [-0.4, -0.2) is 39.7 Å². The maximum absolute atomic E-state index is 11.9. The van der Waals surface area contributed by atoms with Gasteiger partial charge in [-0.2, -0.15) is 0 Å². The fourth-order valence-corrected chi connectivity index (χ4v) is 4.09. The average Bonchev–Trinajstić information content (AvgIpc) is 2.94. The molecule has 8 heteroatoms. The zero-order chi connectivity index (χ0) is 13.1. The lowest BCUT2D eigenvalue weighted by Crippen LogP contribution is -2.46. The molecule has 1 fully saturated rings. The number of amides is 2. The zero-order valence-electron chi connectivity index (χ0n) is 9.26. The van der Waals surface area contributed by atoms with Crippen LogP contribution in [0.2, 0.25) is 0 Å². The normalized spacial score (nSPS) is 18.9. The summed E-state index contributed by atoms with van der Waals surface area (Å²) in [5.74, 6) is -0.0708.